The van der Waals surface area contributed by atoms with E-state index in [0.29, 0.717) is 29.0 Å². The molecule has 1 amide bonds. The summed E-state index contributed by atoms with van der Waals surface area (Å²) in [5.74, 6) is 1.91. The summed E-state index contributed by atoms with van der Waals surface area (Å²) < 4.78 is 16.1. The Bertz CT molecular complexity index is 755. The molecule has 2 aromatic rings. The highest BCUT2D eigenvalue weighted by molar-refractivity contribution is 5.93. The molecule has 1 fully saturated rings. The fourth-order valence-electron chi connectivity index (χ4n) is 3.40. The highest BCUT2D eigenvalue weighted by Gasteiger charge is 2.28. The summed E-state index contributed by atoms with van der Waals surface area (Å²) >= 11 is 0. The molecule has 4 rings (SSSR count). The van der Waals surface area contributed by atoms with Crippen LogP contribution in [0.15, 0.2) is 28.8 Å². The first-order valence-electron chi connectivity index (χ1n) is 8.44. The first kappa shape index (κ1) is 15.1. The number of nitrogens with zero attached hydrogens (tertiary/aromatic N) is 2. The Labute approximate surface area is 140 Å². The van der Waals surface area contributed by atoms with Crippen LogP contribution in [0.4, 0.5) is 0 Å². The molecule has 2 aliphatic heterocycles. The number of carbonyl (C=O) groups excluding carboxylic acids is 1. The predicted octanol–water partition coefficient (Wildman–Crippen LogP) is 3.48. The van der Waals surface area contributed by atoms with E-state index in [-0.39, 0.29) is 12.7 Å². The van der Waals surface area contributed by atoms with Crippen molar-refractivity contribution in [1.82, 2.24) is 10.1 Å². The first-order chi connectivity index (χ1) is 11.8. The van der Waals surface area contributed by atoms with Gasteiger partial charge in [0.1, 0.15) is 0 Å². The topological polar surface area (TPSA) is 64.8 Å². The summed E-state index contributed by atoms with van der Waals surface area (Å²) in [5, 5.41) is 3.99. The van der Waals surface area contributed by atoms with Crippen LogP contribution in [0.1, 0.15) is 43.1 Å². The van der Waals surface area contributed by atoms with Gasteiger partial charge in [0.25, 0.3) is 5.91 Å². The lowest BCUT2D eigenvalue weighted by atomic mass is 9.99. The quantitative estimate of drug-likeness (QED) is 0.863. The fourth-order valence-corrected chi connectivity index (χ4v) is 3.40. The minimum atomic E-state index is -0.0442. The Morgan fingerprint density at radius 2 is 2.12 bits per heavy atom. The summed E-state index contributed by atoms with van der Waals surface area (Å²) in [5.41, 5.74) is 1.18. The lowest BCUT2D eigenvalue weighted by Crippen LogP contribution is -2.43. The largest absolute Gasteiger partial charge is 0.454 e. The summed E-state index contributed by atoms with van der Waals surface area (Å²) in [4.78, 5) is 14.7. The maximum Gasteiger partial charge on any atom is 0.276 e. The summed E-state index contributed by atoms with van der Waals surface area (Å²) in [6.07, 6.45) is 4.27. The van der Waals surface area contributed by atoms with E-state index < -0.39 is 0 Å². The fraction of sp³-hybridized carbons (Fsp3) is 0.444. The van der Waals surface area contributed by atoms with E-state index in [4.69, 9.17) is 14.0 Å². The van der Waals surface area contributed by atoms with E-state index in [1.54, 1.807) is 6.07 Å². The van der Waals surface area contributed by atoms with E-state index in [0.717, 1.165) is 31.4 Å². The molecule has 1 unspecified atom stereocenters. The first-order valence-corrected chi connectivity index (χ1v) is 8.44. The van der Waals surface area contributed by atoms with Crippen molar-refractivity contribution in [2.45, 2.75) is 38.6 Å². The Kier molecular flexibility index (Phi) is 3.88. The van der Waals surface area contributed by atoms with Gasteiger partial charge in [0.15, 0.2) is 23.0 Å². The van der Waals surface area contributed by atoms with Gasteiger partial charge in [-0.1, -0.05) is 12.1 Å². The van der Waals surface area contributed by atoms with Crippen molar-refractivity contribution in [3.05, 3.63) is 30.0 Å². The standard InChI is InChI=1S/C18H20N2O4/c1-2-13-5-3-4-8-20(13)18(21)14-10-16(24-19-14)12-6-7-15-17(9-12)23-11-22-15/h6-7,9-10,13H,2-5,8,11H2,1H3. The molecule has 0 saturated carbocycles. The molecule has 1 aromatic heterocycles. The summed E-state index contributed by atoms with van der Waals surface area (Å²) in [7, 11) is 0. The molecular formula is C18H20N2O4. The van der Waals surface area contributed by atoms with Gasteiger partial charge in [-0.2, -0.15) is 0 Å². The van der Waals surface area contributed by atoms with Crippen molar-refractivity contribution < 1.29 is 18.8 Å². The van der Waals surface area contributed by atoms with Crippen LogP contribution in [0.2, 0.25) is 0 Å². The van der Waals surface area contributed by atoms with E-state index in [1.807, 2.05) is 23.1 Å². The average molecular weight is 328 g/mol. The van der Waals surface area contributed by atoms with Gasteiger partial charge in [-0.05, 0) is 43.9 Å². The molecule has 6 nitrogen and oxygen atoms in total. The van der Waals surface area contributed by atoms with E-state index in [9.17, 15) is 4.79 Å². The number of piperidine rings is 1. The SMILES string of the molecule is CCC1CCCCN1C(=O)c1cc(-c2ccc3c(c2)OCO3)on1. The maximum atomic E-state index is 12.8. The lowest BCUT2D eigenvalue weighted by molar-refractivity contribution is 0.0597. The number of rotatable bonds is 3. The number of fused-ring (bicyclic) bond motifs is 1. The van der Waals surface area contributed by atoms with Gasteiger partial charge in [-0.3, -0.25) is 4.79 Å². The van der Waals surface area contributed by atoms with Crippen molar-refractivity contribution in [1.29, 1.82) is 0 Å². The lowest BCUT2D eigenvalue weighted by Gasteiger charge is -2.34. The number of ether oxygens (including phenoxy) is 2. The third-order valence-corrected chi connectivity index (χ3v) is 4.75. The van der Waals surface area contributed by atoms with Crippen LogP contribution in [-0.4, -0.2) is 35.3 Å². The Morgan fingerprint density at radius 1 is 1.25 bits per heavy atom. The maximum absolute atomic E-state index is 12.8. The van der Waals surface area contributed by atoms with Crippen molar-refractivity contribution in [2.75, 3.05) is 13.3 Å². The number of amides is 1. The second-order valence-electron chi connectivity index (χ2n) is 6.20. The molecule has 3 heterocycles. The van der Waals surface area contributed by atoms with E-state index >= 15 is 0 Å². The zero-order valence-electron chi connectivity index (χ0n) is 13.7. The molecular weight excluding hydrogens is 308 g/mol. The van der Waals surface area contributed by atoms with Crippen LogP contribution in [0.5, 0.6) is 11.5 Å². The zero-order chi connectivity index (χ0) is 16.5. The van der Waals surface area contributed by atoms with E-state index in [1.165, 1.54) is 6.42 Å². The van der Waals surface area contributed by atoms with Crippen molar-refractivity contribution >= 4 is 5.91 Å². The van der Waals surface area contributed by atoms with Gasteiger partial charge in [0.05, 0.1) is 0 Å². The van der Waals surface area contributed by atoms with Crippen molar-refractivity contribution in [3.8, 4) is 22.8 Å². The monoisotopic (exact) mass is 328 g/mol. The van der Waals surface area contributed by atoms with Crippen LogP contribution in [-0.2, 0) is 0 Å². The predicted molar refractivity (Wildman–Crippen MR) is 87.0 cm³/mol. The number of hydrogen-bond acceptors (Lipinski definition) is 5. The van der Waals surface area contributed by atoms with Crippen LogP contribution >= 0.6 is 0 Å². The molecule has 24 heavy (non-hydrogen) atoms. The third kappa shape index (κ3) is 2.62. The molecule has 0 N–H and O–H groups in total. The smallest absolute Gasteiger partial charge is 0.276 e. The minimum Gasteiger partial charge on any atom is -0.454 e. The number of likely N-dealkylation sites (tertiary alicyclic amines) is 1. The average Bonchev–Trinajstić information content (AvgIpc) is 3.29. The van der Waals surface area contributed by atoms with Crippen LogP contribution in [0, 0.1) is 0 Å². The molecule has 6 heteroatoms. The second-order valence-corrected chi connectivity index (χ2v) is 6.20. The molecule has 0 spiro atoms. The Morgan fingerprint density at radius 3 is 3.00 bits per heavy atom. The summed E-state index contributed by atoms with van der Waals surface area (Å²) in [6.45, 7) is 3.15. The number of aromatic nitrogens is 1. The Hall–Kier alpha value is -2.50. The number of benzene rings is 1. The Balaban J connectivity index is 1.57. The molecule has 1 aromatic carbocycles. The van der Waals surface area contributed by atoms with Crippen molar-refractivity contribution in [3.63, 3.8) is 0 Å². The molecule has 1 atom stereocenters. The van der Waals surface area contributed by atoms with Gasteiger partial charge < -0.3 is 18.9 Å². The third-order valence-electron chi connectivity index (χ3n) is 4.75. The molecule has 0 aliphatic carbocycles. The number of hydrogen-bond donors (Lipinski definition) is 0. The van der Waals surface area contributed by atoms with Gasteiger partial charge in [-0.15, -0.1) is 0 Å². The molecule has 2 aliphatic rings. The highest BCUT2D eigenvalue weighted by Crippen LogP contribution is 2.36. The zero-order valence-corrected chi connectivity index (χ0v) is 13.7. The van der Waals surface area contributed by atoms with Crippen LogP contribution in [0.3, 0.4) is 0 Å². The van der Waals surface area contributed by atoms with Crippen LogP contribution in [0.25, 0.3) is 11.3 Å². The molecule has 0 radical (unpaired) electrons. The normalized spacial score (nSPS) is 19.5. The molecule has 1 saturated heterocycles. The number of carbonyl (C=O) groups is 1. The van der Waals surface area contributed by atoms with Gasteiger partial charge >= 0.3 is 0 Å². The van der Waals surface area contributed by atoms with E-state index in [2.05, 4.69) is 12.1 Å². The highest BCUT2D eigenvalue weighted by atomic mass is 16.7. The molecule has 0 bridgehead atoms. The van der Waals surface area contributed by atoms with Crippen molar-refractivity contribution in [2.24, 2.45) is 0 Å². The second kappa shape index (κ2) is 6.19. The van der Waals surface area contributed by atoms with Gasteiger partial charge in [0, 0.05) is 24.2 Å². The van der Waals surface area contributed by atoms with Crippen LogP contribution < -0.4 is 9.47 Å². The van der Waals surface area contributed by atoms with Gasteiger partial charge in [0.2, 0.25) is 6.79 Å². The minimum absolute atomic E-state index is 0.0442. The summed E-state index contributed by atoms with van der Waals surface area (Å²) in [6, 6.07) is 7.56. The molecule has 126 valence electrons. The van der Waals surface area contributed by atoms with Gasteiger partial charge in [-0.25, -0.2) is 0 Å².